The van der Waals surface area contributed by atoms with Crippen LogP contribution in [0.1, 0.15) is 0 Å². The summed E-state index contributed by atoms with van der Waals surface area (Å²) in [7, 11) is 0. The van der Waals surface area contributed by atoms with Crippen LogP contribution in [0.15, 0.2) is 97.1 Å². The highest BCUT2D eigenvalue weighted by atomic mass is 14.7. The van der Waals surface area contributed by atoms with Crippen LogP contribution in [0.5, 0.6) is 0 Å². The van der Waals surface area contributed by atoms with Crippen LogP contribution < -0.4 is 0 Å². The average molecular weight is 319 g/mol. The lowest BCUT2D eigenvalue weighted by Gasteiger charge is -2.09. The van der Waals surface area contributed by atoms with Crippen molar-refractivity contribution in [3.05, 3.63) is 97.1 Å². The molecule has 0 atom stereocenters. The monoisotopic (exact) mass is 319 g/mol. The van der Waals surface area contributed by atoms with E-state index in [-0.39, 0.29) is 0 Å². The summed E-state index contributed by atoms with van der Waals surface area (Å²) in [4.78, 5) is 3.60. The standard InChI is InChI=1S/C24H17N/c1-3-9-17(10-4-1)19-15-21(18-11-5-2-6-12-18)24-20-13-7-8-14-22(20)25-23(24)16-19/h1-16,25H. The summed E-state index contributed by atoms with van der Waals surface area (Å²) in [6.45, 7) is 0. The molecule has 0 saturated carbocycles. The highest BCUT2D eigenvalue weighted by Crippen LogP contribution is 2.38. The smallest absolute Gasteiger partial charge is 0.0477 e. The van der Waals surface area contributed by atoms with E-state index in [1.165, 1.54) is 44.1 Å². The van der Waals surface area contributed by atoms with E-state index in [1.807, 2.05) is 0 Å². The number of hydrogen-bond donors (Lipinski definition) is 1. The second-order valence-corrected chi connectivity index (χ2v) is 6.35. The van der Waals surface area contributed by atoms with Crippen molar-refractivity contribution in [2.75, 3.05) is 0 Å². The van der Waals surface area contributed by atoms with Crippen molar-refractivity contribution in [3.8, 4) is 22.3 Å². The average Bonchev–Trinajstić information content (AvgIpc) is 3.07. The Labute approximate surface area is 146 Å². The van der Waals surface area contributed by atoms with E-state index in [0.717, 1.165) is 0 Å². The van der Waals surface area contributed by atoms with E-state index in [4.69, 9.17) is 0 Å². The maximum absolute atomic E-state index is 3.60. The molecule has 1 heterocycles. The molecule has 5 rings (SSSR count). The lowest BCUT2D eigenvalue weighted by molar-refractivity contribution is 1.54. The van der Waals surface area contributed by atoms with Gasteiger partial charge in [-0.3, -0.25) is 0 Å². The zero-order valence-corrected chi connectivity index (χ0v) is 13.7. The molecule has 0 bridgehead atoms. The molecule has 0 aliphatic rings. The molecule has 0 aliphatic heterocycles. The first-order valence-corrected chi connectivity index (χ1v) is 8.55. The molecule has 0 unspecified atom stereocenters. The van der Waals surface area contributed by atoms with Gasteiger partial charge in [-0.1, -0.05) is 78.9 Å². The third-order valence-corrected chi connectivity index (χ3v) is 4.80. The Kier molecular flexibility index (Phi) is 3.17. The van der Waals surface area contributed by atoms with Crippen LogP contribution >= 0.6 is 0 Å². The van der Waals surface area contributed by atoms with Crippen LogP contribution in [0.2, 0.25) is 0 Å². The number of aromatic nitrogens is 1. The minimum absolute atomic E-state index is 1.18. The predicted octanol–water partition coefficient (Wildman–Crippen LogP) is 6.66. The Morgan fingerprint density at radius 2 is 1.12 bits per heavy atom. The van der Waals surface area contributed by atoms with Gasteiger partial charge in [0.1, 0.15) is 0 Å². The zero-order chi connectivity index (χ0) is 16.6. The SMILES string of the molecule is c1ccc(-c2cc(-c3ccccc3)c3c(c2)[nH]c2ccccc23)cc1. The summed E-state index contributed by atoms with van der Waals surface area (Å²) in [6, 6.07) is 34.3. The Morgan fingerprint density at radius 1 is 0.480 bits per heavy atom. The first-order valence-electron chi connectivity index (χ1n) is 8.55. The van der Waals surface area contributed by atoms with Crippen LogP contribution in [-0.2, 0) is 0 Å². The fourth-order valence-electron chi connectivity index (χ4n) is 3.63. The fourth-order valence-corrected chi connectivity index (χ4v) is 3.63. The van der Waals surface area contributed by atoms with Crippen LogP contribution in [-0.4, -0.2) is 4.98 Å². The van der Waals surface area contributed by atoms with E-state index in [9.17, 15) is 0 Å². The van der Waals surface area contributed by atoms with E-state index in [2.05, 4.69) is 102 Å². The number of para-hydroxylation sites is 1. The second-order valence-electron chi connectivity index (χ2n) is 6.35. The molecule has 1 N–H and O–H groups in total. The Balaban J connectivity index is 1.90. The number of hydrogen-bond acceptors (Lipinski definition) is 0. The van der Waals surface area contributed by atoms with Crippen LogP contribution in [0.3, 0.4) is 0 Å². The summed E-state index contributed by atoms with van der Waals surface area (Å²) in [6.07, 6.45) is 0. The molecule has 0 amide bonds. The van der Waals surface area contributed by atoms with Gasteiger partial charge in [0, 0.05) is 21.8 Å². The Bertz CT molecular complexity index is 1170. The van der Waals surface area contributed by atoms with Gasteiger partial charge in [-0.25, -0.2) is 0 Å². The molecule has 0 fully saturated rings. The van der Waals surface area contributed by atoms with Crippen molar-refractivity contribution in [2.45, 2.75) is 0 Å². The molecular weight excluding hydrogens is 302 g/mol. The highest BCUT2D eigenvalue weighted by Gasteiger charge is 2.12. The van der Waals surface area contributed by atoms with E-state index in [1.54, 1.807) is 0 Å². The van der Waals surface area contributed by atoms with Gasteiger partial charge in [-0.15, -0.1) is 0 Å². The van der Waals surface area contributed by atoms with E-state index < -0.39 is 0 Å². The molecule has 0 aliphatic carbocycles. The molecule has 118 valence electrons. The van der Waals surface area contributed by atoms with E-state index in [0.29, 0.717) is 0 Å². The van der Waals surface area contributed by atoms with Crippen molar-refractivity contribution in [2.24, 2.45) is 0 Å². The summed E-state index contributed by atoms with van der Waals surface area (Å²) in [5.41, 5.74) is 7.35. The third-order valence-electron chi connectivity index (χ3n) is 4.80. The van der Waals surface area contributed by atoms with Gasteiger partial charge >= 0.3 is 0 Å². The number of aromatic amines is 1. The summed E-state index contributed by atoms with van der Waals surface area (Å²) >= 11 is 0. The molecule has 1 aromatic heterocycles. The molecule has 0 radical (unpaired) electrons. The van der Waals surface area contributed by atoms with Crippen LogP contribution in [0.25, 0.3) is 44.1 Å². The first kappa shape index (κ1) is 14.1. The van der Waals surface area contributed by atoms with Gasteiger partial charge in [0.15, 0.2) is 0 Å². The summed E-state index contributed by atoms with van der Waals surface area (Å²) in [5.74, 6) is 0. The summed E-state index contributed by atoms with van der Waals surface area (Å²) < 4.78 is 0. The maximum atomic E-state index is 3.60. The number of H-pyrrole nitrogens is 1. The zero-order valence-electron chi connectivity index (χ0n) is 13.7. The normalized spacial score (nSPS) is 11.2. The van der Waals surface area contributed by atoms with Crippen LogP contribution in [0, 0.1) is 0 Å². The second kappa shape index (κ2) is 5.64. The largest absolute Gasteiger partial charge is 0.354 e. The van der Waals surface area contributed by atoms with Gasteiger partial charge in [0.05, 0.1) is 0 Å². The lowest BCUT2D eigenvalue weighted by atomic mass is 9.94. The molecule has 0 spiro atoms. The molecule has 1 heteroatoms. The quantitative estimate of drug-likeness (QED) is 0.374. The summed E-state index contributed by atoms with van der Waals surface area (Å²) in [5, 5.41) is 2.57. The van der Waals surface area contributed by atoms with Crippen molar-refractivity contribution >= 4 is 21.8 Å². The number of nitrogens with one attached hydrogen (secondary N) is 1. The lowest BCUT2D eigenvalue weighted by Crippen LogP contribution is -1.84. The van der Waals surface area contributed by atoms with E-state index >= 15 is 0 Å². The number of rotatable bonds is 2. The van der Waals surface area contributed by atoms with Gasteiger partial charge in [-0.2, -0.15) is 0 Å². The third kappa shape index (κ3) is 2.33. The van der Waals surface area contributed by atoms with Crippen molar-refractivity contribution in [1.29, 1.82) is 0 Å². The molecule has 5 aromatic rings. The van der Waals surface area contributed by atoms with Crippen molar-refractivity contribution in [1.82, 2.24) is 4.98 Å². The van der Waals surface area contributed by atoms with Gasteiger partial charge in [0.25, 0.3) is 0 Å². The topological polar surface area (TPSA) is 15.8 Å². The molecule has 0 saturated heterocycles. The van der Waals surface area contributed by atoms with Gasteiger partial charge in [-0.05, 0) is 40.5 Å². The fraction of sp³-hybridized carbons (Fsp3) is 0. The molecule has 1 nitrogen and oxygen atoms in total. The first-order chi connectivity index (χ1) is 12.4. The molecule has 4 aromatic carbocycles. The van der Waals surface area contributed by atoms with Crippen LogP contribution in [0.4, 0.5) is 0 Å². The van der Waals surface area contributed by atoms with Gasteiger partial charge < -0.3 is 4.98 Å². The van der Waals surface area contributed by atoms with Gasteiger partial charge in [0.2, 0.25) is 0 Å². The predicted molar refractivity (Wildman–Crippen MR) is 107 cm³/mol. The van der Waals surface area contributed by atoms with Crippen molar-refractivity contribution < 1.29 is 0 Å². The molecular formula is C24H17N. The van der Waals surface area contributed by atoms with Crippen molar-refractivity contribution in [3.63, 3.8) is 0 Å². The number of benzene rings is 4. The Morgan fingerprint density at radius 3 is 1.88 bits per heavy atom. The number of fused-ring (bicyclic) bond motifs is 3. The minimum atomic E-state index is 1.18. The molecule has 25 heavy (non-hydrogen) atoms. The minimum Gasteiger partial charge on any atom is -0.354 e. The Hall–Kier alpha value is -3.32. The maximum Gasteiger partial charge on any atom is 0.0477 e. The highest BCUT2D eigenvalue weighted by molar-refractivity contribution is 6.15.